The van der Waals surface area contributed by atoms with E-state index in [1.165, 1.54) is 0 Å². The summed E-state index contributed by atoms with van der Waals surface area (Å²) in [6.45, 7) is 1.84. The van der Waals surface area contributed by atoms with Crippen molar-refractivity contribution in [2.75, 3.05) is 0 Å². The van der Waals surface area contributed by atoms with E-state index in [0.29, 0.717) is 0 Å². The van der Waals surface area contributed by atoms with Gasteiger partial charge in [-0.25, -0.2) is 0 Å². The van der Waals surface area contributed by atoms with Crippen molar-refractivity contribution in [3.05, 3.63) is 23.8 Å². The largest absolute Gasteiger partial charge is 0.290 e. The topological polar surface area (TPSA) is 17.1 Å². The van der Waals surface area contributed by atoms with Gasteiger partial charge >= 0.3 is 0 Å². The summed E-state index contributed by atoms with van der Waals surface area (Å²) in [5.74, 6) is 0.149. The molecule has 0 fully saturated rings. The van der Waals surface area contributed by atoms with Gasteiger partial charge in [0.25, 0.3) is 0 Å². The summed E-state index contributed by atoms with van der Waals surface area (Å²) in [4.78, 5) is 10.6. The van der Waals surface area contributed by atoms with Gasteiger partial charge in [-0.3, -0.25) is 4.79 Å². The lowest BCUT2D eigenvalue weighted by Crippen LogP contribution is -1.96. The third kappa shape index (κ3) is 0.861. The van der Waals surface area contributed by atoms with E-state index in [1.54, 1.807) is 6.08 Å². The highest BCUT2D eigenvalue weighted by atomic mass is 16.1. The van der Waals surface area contributed by atoms with Crippen molar-refractivity contribution in [1.82, 2.24) is 0 Å². The van der Waals surface area contributed by atoms with Crippen molar-refractivity contribution in [3.8, 4) is 0 Å². The molecule has 0 bridgehead atoms. The number of hydrogen-bond donors (Lipinski definition) is 0. The first-order chi connectivity index (χ1) is 3.80. The SMILES string of the molecule is CC1=CCC=CC1=O. The molecule has 0 radical (unpaired) electrons. The van der Waals surface area contributed by atoms with Crippen molar-refractivity contribution >= 4 is 5.78 Å². The first kappa shape index (κ1) is 5.29. The van der Waals surface area contributed by atoms with Gasteiger partial charge in [-0.15, -0.1) is 0 Å². The Morgan fingerprint density at radius 1 is 1.62 bits per heavy atom. The van der Waals surface area contributed by atoms with Crippen LogP contribution in [0.2, 0.25) is 0 Å². The number of allylic oxidation sites excluding steroid dienone is 4. The quantitative estimate of drug-likeness (QED) is 0.459. The Morgan fingerprint density at radius 2 is 2.38 bits per heavy atom. The first-order valence-corrected chi connectivity index (χ1v) is 2.68. The minimum Gasteiger partial charge on any atom is -0.290 e. The van der Waals surface area contributed by atoms with Crippen LogP contribution in [-0.4, -0.2) is 5.78 Å². The normalized spacial score (nSPS) is 18.6. The second kappa shape index (κ2) is 1.95. The molecule has 0 aromatic rings. The lowest BCUT2D eigenvalue weighted by molar-refractivity contribution is -0.111. The number of rotatable bonds is 0. The molecule has 1 rings (SSSR count). The van der Waals surface area contributed by atoms with E-state index in [9.17, 15) is 4.79 Å². The third-order valence-electron chi connectivity index (χ3n) is 1.22. The first-order valence-electron chi connectivity index (χ1n) is 2.68. The Hall–Kier alpha value is -0.850. The van der Waals surface area contributed by atoms with Gasteiger partial charge in [0, 0.05) is 0 Å². The number of carbonyl (C=O) groups excluding carboxylic acids is 1. The second-order valence-electron chi connectivity index (χ2n) is 1.89. The lowest BCUT2D eigenvalue weighted by atomic mass is 10.1. The molecular formula is C7H8O. The van der Waals surface area contributed by atoms with Gasteiger partial charge < -0.3 is 0 Å². The molecule has 1 aliphatic rings. The number of carbonyl (C=O) groups is 1. The van der Waals surface area contributed by atoms with E-state index in [-0.39, 0.29) is 5.78 Å². The molecule has 0 saturated carbocycles. The summed E-state index contributed by atoms with van der Waals surface area (Å²) in [6.07, 6.45) is 6.34. The third-order valence-corrected chi connectivity index (χ3v) is 1.22. The van der Waals surface area contributed by atoms with E-state index in [0.717, 1.165) is 12.0 Å². The van der Waals surface area contributed by atoms with E-state index >= 15 is 0 Å². The molecule has 0 amide bonds. The number of hydrogen-bond acceptors (Lipinski definition) is 1. The van der Waals surface area contributed by atoms with Crippen LogP contribution in [0.15, 0.2) is 23.8 Å². The fourth-order valence-electron chi connectivity index (χ4n) is 0.652. The van der Waals surface area contributed by atoms with E-state index in [4.69, 9.17) is 0 Å². The molecular weight excluding hydrogens is 100 g/mol. The summed E-state index contributed by atoms with van der Waals surface area (Å²) in [6, 6.07) is 0. The summed E-state index contributed by atoms with van der Waals surface area (Å²) >= 11 is 0. The molecule has 0 atom stereocenters. The van der Waals surface area contributed by atoms with Crippen molar-refractivity contribution < 1.29 is 4.79 Å². The molecule has 0 saturated heterocycles. The summed E-state index contributed by atoms with van der Waals surface area (Å²) in [7, 11) is 0. The minimum atomic E-state index is 0.149. The molecule has 0 unspecified atom stereocenters. The van der Waals surface area contributed by atoms with Crippen LogP contribution in [0, 0.1) is 0 Å². The van der Waals surface area contributed by atoms with Gasteiger partial charge in [0.15, 0.2) is 5.78 Å². The molecule has 1 nitrogen and oxygen atoms in total. The maximum absolute atomic E-state index is 10.6. The highest BCUT2D eigenvalue weighted by Gasteiger charge is 2.00. The van der Waals surface area contributed by atoms with Crippen molar-refractivity contribution in [1.29, 1.82) is 0 Å². The molecule has 0 heterocycles. The highest BCUT2D eigenvalue weighted by molar-refractivity contribution is 6.04. The van der Waals surface area contributed by atoms with Crippen LogP contribution in [0.4, 0.5) is 0 Å². The van der Waals surface area contributed by atoms with Gasteiger partial charge in [-0.2, -0.15) is 0 Å². The van der Waals surface area contributed by atoms with Crippen LogP contribution in [0.5, 0.6) is 0 Å². The minimum absolute atomic E-state index is 0.149. The molecule has 0 spiro atoms. The fourth-order valence-corrected chi connectivity index (χ4v) is 0.652. The van der Waals surface area contributed by atoms with E-state index in [1.807, 2.05) is 19.1 Å². The molecule has 8 heavy (non-hydrogen) atoms. The Labute approximate surface area is 48.7 Å². The average molecular weight is 108 g/mol. The fraction of sp³-hybridized carbons (Fsp3) is 0.286. The Kier molecular flexibility index (Phi) is 1.29. The van der Waals surface area contributed by atoms with E-state index in [2.05, 4.69) is 0 Å². The van der Waals surface area contributed by atoms with E-state index < -0.39 is 0 Å². The zero-order chi connectivity index (χ0) is 5.98. The summed E-state index contributed by atoms with van der Waals surface area (Å²) in [5.41, 5.74) is 0.868. The molecule has 0 aromatic heterocycles. The Morgan fingerprint density at radius 3 is 2.75 bits per heavy atom. The Balaban J connectivity index is 2.78. The highest BCUT2D eigenvalue weighted by Crippen LogP contribution is 2.04. The van der Waals surface area contributed by atoms with Crippen LogP contribution in [0.25, 0.3) is 0 Å². The maximum Gasteiger partial charge on any atom is 0.180 e. The second-order valence-corrected chi connectivity index (χ2v) is 1.89. The zero-order valence-electron chi connectivity index (χ0n) is 4.85. The van der Waals surface area contributed by atoms with Crippen LogP contribution >= 0.6 is 0 Å². The van der Waals surface area contributed by atoms with Gasteiger partial charge in [0.1, 0.15) is 0 Å². The van der Waals surface area contributed by atoms with Gasteiger partial charge in [-0.05, 0) is 25.0 Å². The van der Waals surface area contributed by atoms with Crippen molar-refractivity contribution in [2.45, 2.75) is 13.3 Å². The van der Waals surface area contributed by atoms with Gasteiger partial charge in [0.2, 0.25) is 0 Å². The number of ketones is 1. The molecule has 0 aromatic carbocycles. The molecule has 1 aliphatic carbocycles. The zero-order valence-corrected chi connectivity index (χ0v) is 4.85. The molecule has 1 heteroatoms. The molecule has 0 N–H and O–H groups in total. The average Bonchev–Trinajstić information content (AvgIpc) is 1.77. The van der Waals surface area contributed by atoms with Crippen molar-refractivity contribution in [3.63, 3.8) is 0 Å². The Bertz CT molecular complexity index is 163. The predicted molar refractivity (Wildman–Crippen MR) is 32.5 cm³/mol. The monoisotopic (exact) mass is 108 g/mol. The van der Waals surface area contributed by atoms with Gasteiger partial charge in [-0.1, -0.05) is 12.2 Å². The lowest BCUT2D eigenvalue weighted by Gasteiger charge is -1.97. The van der Waals surface area contributed by atoms with Crippen LogP contribution < -0.4 is 0 Å². The molecule has 42 valence electrons. The van der Waals surface area contributed by atoms with Crippen LogP contribution in [0.1, 0.15) is 13.3 Å². The van der Waals surface area contributed by atoms with Crippen molar-refractivity contribution in [2.24, 2.45) is 0 Å². The van der Waals surface area contributed by atoms with Gasteiger partial charge in [0.05, 0.1) is 0 Å². The standard InChI is InChI=1S/C7H8O/c1-6-4-2-3-5-7(6)8/h3-5H,2H2,1H3. The molecule has 0 aliphatic heterocycles. The maximum atomic E-state index is 10.6. The van der Waals surface area contributed by atoms with Crippen LogP contribution in [-0.2, 0) is 4.79 Å². The summed E-state index contributed by atoms with van der Waals surface area (Å²) in [5, 5.41) is 0. The van der Waals surface area contributed by atoms with Crippen LogP contribution in [0.3, 0.4) is 0 Å². The predicted octanol–water partition coefficient (Wildman–Crippen LogP) is 1.46. The smallest absolute Gasteiger partial charge is 0.180 e. The summed E-state index contributed by atoms with van der Waals surface area (Å²) < 4.78 is 0.